The van der Waals surface area contributed by atoms with Gasteiger partial charge >= 0.3 is 0 Å². The predicted octanol–water partition coefficient (Wildman–Crippen LogP) is 2.43. The van der Waals surface area contributed by atoms with Gasteiger partial charge in [-0.15, -0.1) is 0 Å². The maximum atomic E-state index is 11.9. The molecule has 2 amide bonds. The molecule has 0 aliphatic rings. The van der Waals surface area contributed by atoms with Gasteiger partial charge in [-0.2, -0.15) is 0 Å². The van der Waals surface area contributed by atoms with Crippen molar-refractivity contribution in [1.82, 2.24) is 4.90 Å². The van der Waals surface area contributed by atoms with Crippen LogP contribution >= 0.6 is 23.2 Å². The van der Waals surface area contributed by atoms with Crippen molar-refractivity contribution in [3.63, 3.8) is 0 Å². The number of anilines is 1. The van der Waals surface area contributed by atoms with E-state index in [0.29, 0.717) is 23.9 Å². The second kappa shape index (κ2) is 8.09. The minimum absolute atomic E-state index is 0.0679. The van der Waals surface area contributed by atoms with E-state index in [2.05, 4.69) is 5.32 Å². The highest BCUT2D eigenvalue weighted by Gasteiger charge is 2.14. The molecule has 0 aliphatic carbocycles. The van der Waals surface area contributed by atoms with E-state index in [-0.39, 0.29) is 23.4 Å². The summed E-state index contributed by atoms with van der Waals surface area (Å²) in [5.41, 5.74) is 0.416. The largest absolute Gasteiger partial charge is 0.383 e. The summed E-state index contributed by atoms with van der Waals surface area (Å²) >= 11 is 11.8. The smallest absolute Gasteiger partial charge is 0.244 e. The van der Waals surface area contributed by atoms with Crippen molar-refractivity contribution >= 4 is 40.7 Å². The Morgan fingerprint density at radius 1 is 1.35 bits per heavy atom. The van der Waals surface area contributed by atoms with E-state index >= 15 is 0 Å². The molecule has 7 heteroatoms. The van der Waals surface area contributed by atoms with Gasteiger partial charge in [-0.25, -0.2) is 0 Å². The molecule has 1 N–H and O–H groups in total. The average molecular weight is 319 g/mol. The van der Waals surface area contributed by atoms with Crippen molar-refractivity contribution < 1.29 is 14.3 Å². The van der Waals surface area contributed by atoms with Gasteiger partial charge in [0.15, 0.2) is 0 Å². The van der Waals surface area contributed by atoms with E-state index in [1.165, 1.54) is 18.9 Å². The van der Waals surface area contributed by atoms with Crippen LogP contribution in [0.5, 0.6) is 0 Å². The van der Waals surface area contributed by atoms with E-state index in [9.17, 15) is 9.59 Å². The summed E-state index contributed by atoms with van der Waals surface area (Å²) in [6.07, 6.45) is 0. The van der Waals surface area contributed by atoms with Crippen molar-refractivity contribution in [2.75, 3.05) is 32.1 Å². The van der Waals surface area contributed by atoms with Crippen LogP contribution in [0.15, 0.2) is 18.2 Å². The van der Waals surface area contributed by atoms with Gasteiger partial charge < -0.3 is 15.0 Å². The SMILES string of the molecule is COCCN(CC(=O)Nc1cccc(Cl)c1Cl)C(C)=O. The normalized spacial score (nSPS) is 10.2. The van der Waals surface area contributed by atoms with Gasteiger partial charge in [0.1, 0.15) is 0 Å². The molecule has 1 aromatic carbocycles. The molecular weight excluding hydrogens is 303 g/mol. The van der Waals surface area contributed by atoms with Crippen LogP contribution in [0.2, 0.25) is 10.0 Å². The van der Waals surface area contributed by atoms with Gasteiger partial charge in [0.2, 0.25) is 11.8 Å². The third-order valence-electron chi connectivity index (χ3n) is 2.57. The molecule has 5 nitrogen and oxygen atoms in total. The first kappa shape index (κ1) is 16.8. The second-order valence-corrected chi connectivity index (χ2v) is 4.87. The standard InChI is InChI=1S/C13H16Cl2N2O3/c1-9(18)17(6-7-20-2)8-12(19)16-11-5-3-4-10(14)13(11)15/h3-5H,6-8H2,1-2H3,(H,16,19). The molecular formula is C13H16Cl2N2O3. The van der Waals surface area contributed by atoms with E-state index in [0.717, 1.165) is 0 Å². The van der Waals surface area contributed by atoms with Crippen LogP contribution in [0, 0.1) is 0 Å². The fourth-order valence-electron chi connectivity index (χ4n) is 1.51. The van der Waals surface area contributed by atoms with Gasteiger partial charge in [-0.3, -0.25) is 9.59 Å². The van der Waals surface area contributed by atoms with E-state index < -0.39 is 0 Å². The quantitative estimate of drug-likeness (QED) is 0.876. The Balaban J connectivity index is 2.66. The molecule has 1 rings (SSSR count). The molecule has 0 atom stereocenters. The Kier molecular flexibility index (Phi) is 6.78. The molecule has 0 fully saturated rings. The summed E-state index contributed by atoms with van der Waals surface area (Å²) in [5.74, 6) is -0.546. The maximum absolute atomic E-state index is 11.9. The minimum Gasteiger partial charge on any atom is -0.383 e. The van der Waals surface area contributed by atoms with Crippen LogP contribution in [-0.4, -0.2) is 43.5 Å². The van der Waals surface area contributed by atoms with Crippen molar-refractivity contribution in [2.45, 2.75) is 6.92 Å². The van der Waals surface area contributed by atoms with Crippen LogP contribution in [-0.2, 0) is 14.3 Å². The van der Waals surface area contributed by atoms with E-state index in [4.69, 9.17) is 27.9 Å². The van der Waals surface area contributed by atoms with Gasteiger partial charge in [0, 0.05) is 20.6 Å². The number of amides is 2. The number of halogens is 2. The molecule has 0 heterocycles. The molecule has 0 radical (unpaired) electrons. The molecule has 110 valence electrons. The van der Waals surface area contributed by atoms with Crippen LogP contribution in [0.3, 0.4) is 0 Å². The number of rotatable bonds is 6. The highest BCUT2D eigenvalue weighted by atomic mass is 35.5. The molecule has 0 saturated heterocycles. The zero-order valence-corrected chi connectivity index (χ0v) is 12.8. The predicted molar refractivity (Wildman–Crippen MR) is 79.2 cm³/mol. The maximum Gasteiger partial charge on any atom is 0.244 e. The minimum atomic E-state index is -0.347. The number of ether oxygens (including phenoxy) is 1. The highest BCUT2D eigenvalue weighted by Crippen LogP contribution is 2.29. The Hall–Kier alpha value is -1.30. The van der Waals surface area contributed by atoms with Gasteiger partial charge in [-0.1, -0.05) is 29.3 Å². The first-order chi connectivity index (χ1) is 9.45. The van der Waals surface area contributed by atoms with Gasteiger partial charge in [-0.05, 0) is 12.1 Å². The number of hydrogen-bond donors (Lipinski definition) is 1. The number of nitrogens with one attached hydrogen (secondary N) is 1. The fourth-order valence-corrected chi connectivity index (χ4v) is 1.86. The monoisotopic (exact) mass is 318 g/mol. The number of benzene rings is 1. The topological polar surface area (TPSA) is 58.6 Å². The zero-order valence-electron chi connectivity index (χ0n) is 11.3. The third kappa shape index (κ3) is 5.00. The molecule has 0 aromatic heterocycles. The van der Waals surface area contributed by atoms with E-state index in [1.54, 1.807) is 18.2 Å². The average Bonchev–Trinajstić information content (AvgIpc) is 2.39. The van der Waals surface area contributed by atoms with Crippen LogP contribution in [0.4, 0.5) is 5.69 Å². The lowest BCUT2D eigenvalue weighted by Crippen LogP contribution is -2.38. The van der Waals surface area contributed by atoms with Crippen molar-refractivity contribution in [2.24, 2.45) is 0 Å². The Labute approximate surface area is 127 Å². The molecule has 0 aliphatic heterocycles. The summed E-state index contributed by atoms with van der Waals surface area (Å²) in [6, 6.07) is 4.94. The van der Waals surface area contributed by atoms with E-state index in [1.807, 2.05) is 0 Å². The summed E-state index contributed by atoms with van der Waals surface area (Å²) in [5, 5.41) is 3.25. The van der Waals surface area contributed by atoms with Crippen molar-refractivity contribution in [1.29, 1.82) is 0 Å². The molecule has 0 unspecified atom stereocenters. The Bertz CT molecular complexity index is 495. The zero-order chi connectivity index (χ0) is 15.1. The summed E-state index contributed by atoms with van der Waals surface area (Å²) < 4.78 is 4.89. The van der Waals surface area contributed by atoms with Crippen LogP contribution in [0.1, 0.15) is 6.92 Å². The number of carbonyl (C=O) groups excluding carboxylic acids is 2. The Morgan fingerprint density at radius 3 is 2.65 bits per heavy atom. The fraction of sp³-hybridized carbons (Fsp3) is 0.385. The van der Waals surface area contributed by atoms with Gasteiger partial charge in [0.25, 0.3) is 0 Å². The molecule has 20 heavy (non-hydrogen) atoms. The first-order valence-corrected chi connectivity index (χ1v) is 6.69. The second-order valence-electron chi connectivity index (χ2n) is 4.08. The number of methoxy groups -OCH3 is 1. The lowest BCUT2D eigenvalue weighted by molar-refractivity contribution is -0.133. The summed E-state index contributed by atoms with van der Waals surface area (Å²) in [6.45, 7) is 2.05. The number of hydrogen-bond acceptors (Lipinski definition) is 3. The number of carbonyl (C=O) groups is 2. The third-order valence-corrected chi connectivity index (χ3v) is 3.39. The molecule has 1 aromatic rings. The van der Waals surface area contributed by atoms with Crippen LogP contribution in [0.25, 0.3) is 0 Å². The summed E-state index contributed by atoms with van der Waals surface area (Å²) in [7, 11) is 1.53. The number of nitrogens with zero attached hydrogens (tertiary/aromatic N) is 1. The molecule has 0 bridgehead atoms. The van der Waals surface area contributed by atoms with Crippen molar-refractivity contribution in [3.8, 4) is 0 Å². The van der Waals surface area contributed by atoms with Crippen molar-refractivity contribution in [3.05, 3.63) is 28.2 Å². The highest BCUT2D eigenvalue weighted by molar-refractivity contribution is 6.44. The van der Waals surface area contributed by atoms with Crippen LogP contribution < -0.4 is 5.32 Å². The molecule has 0 spiro atoms. The lowest BCUT2D eigenvalue weighted by Gasteiger charge is -2.20. The Morgan fingerprint density at radius 2 is 2.05 bits per heavy atom. The lowest BCUT2D eigenvalue weighted by atomic mass is 10.3. The summed E-state index contributed by atoms with van der Waals surface area (Å²) in [4.78, 5) is 24.7. The van der Waals surface area contributed by atoms with Gasteiger partial charge in [0.05, 0.1) is 28.9 Å². The molecule has 0 saturated carbocycles. The first-order valence-electron chi connectivity index (χ1n) is 5.94.